The Balaban J connectivity index is 0.00000117. The second-order valence-electron chi connectivity index (χ2n) is 10.8. The van der Waals surface area contributed by atoms with Gasteiger partial charge in [0.2, 0.25) is 0 Å². The number of H-pyrrole nitrogens is 1. The number of aromatic nitrogens is 1. The molecule has 2 aromatic rings. The predicted octanol–water partition coefficient (Wildman–Crippen LogP) is 9.12. The summed E-state index contributed by atoms with van der Waals surface area (Å²) >= 11 is 0. The van der Waals surface area contributed by atoms with Crippen LogP contribution < -0.4 is 0 Å². The van der Waals surface area contributed by atoms with Gasteiger partial charge in [-0.1, -0.05) is 77.1 Å². The topological polar surface area (TPSA) is 36.0 Å². The van der Waals surface area contributed by atoms with E-state index in [0.29, 0.717) is 11.8 Å². The molecule has 0 saturated heterocycles. The van der Waals surface area contributed by atoms with E-state index in [4.69, 9.17) is 0 Å². The summed E-state index contributed by atoms with van der Waals surface area (Å²) in [7, 11) is 0. The maximum Gasteiger partial charge on any atom is 0.0597 e. The van der Waals surface area contributed by atoms with Crippen LogP contribution in [0.15, 0.2) is 54.3 Å². The molecule has 1 unspecified atom stereocenters. The van der Waals surface area contributed by atoms with Crippen LogP contribution in [0.5, 0.6) is 0 Å². The lowest BCUT2D eigenvalue weighted by atomic mass is 9.45. The van der Waals surface area contributed by atoms with Gasteiger partial charge in [-0.25, -0.2) is 0 Å². The van der Waals surface area contributed by atoms with Crippen molar-refractivity contribution in [3.63, 3.8) is 0 Å². The molecule has 0 spiro atoms. The molecule has 0 aliphatic heterocycles. The highest BCUT2D eigenvalue weighted by Crippen LogP contribution is 2.62. The van der Waals surface area contributed by atoms with Gasteiger partial charge in [-0.15, -0.1) is 12.8 Å². The van der Waals surface area contributed by atoms with Crippen molar-refractivity contribution in [1.82, 2.24) is 4.98 Å². The predicted molar refractivity (Wildman–Crippen MR) is 155 cm³/mol. The third-order valence-electron chi connectivity index (χ3n) is 8.69. The van der Waals surface area contributed by atoms with Crippen molar-refractivity contribution in [1.29, 1.82) is 0 Å². The number of terminal acetylenes is 1. The van der Waals surface area contributed by atoms with E-state index in [1.807, 2.05) is 13.8 Å². The lowest BCUT2D eigenvalue weighted by Crippen LogP contribution is -2.56. The number of aliphatic hydroxyl groups is 1. The van der Waals surface area contributed by atoms with Crippen LogP contribution in [-0.2, 0) is 6.42 Å². The standard InChI is InChI=1S/C28H39NO.C2H6.C2H2.CH4/c1-19(2)9-8-15-28(5)25-13-12-20(3)23(27(25,4)16-14-26(28)30)17-21-18-29-24-11-7-6-10-22(21)24;2*1-2;/h6-7,9-11,18,23,25-26,29-30H,3,8,12-17H2,1-2,4-5H3;1-2H3;1-2H;1H4/t23-,25?,26-,27+,28-;;;/m0.../s1. The Morgan fingerprint density at radius 1 is 1.17 bits per heavy atom. The quantitative estimate of drug-likeness (QED) is 0.327. The van der Waals surface area contributed by atoms with Gasteiger partial charge in [0.1, 0.15) is 0 Å². The van der Waals surface area contributed by atoms with E-state index in [2.05, 4.69) is 88.6 Å². The zero-order chi connectivity index (χ0) is 25.5. The number of hydrogen-bond donors (Lipinski definition) is 2. The highest BCUT2D eigenvalue weighted by atomic mass is 16.3. The van der Waals surface area contributed by atoms with E-state index >= 15 is 0 Å². The summed E-state index contributed by atoms with van der Waals surface area (Å²) in [5, 5.41) is 12.5. The average Bonchev–Trinajstić information content (AvgIpc) is 3.24. The lowest BCUT2D eigenvalue weighted by molar-refractivity contribution is -0.136. The zero-order valence-corrected chi connectivity index (χ0v) is 22.5. The maximum atomic E-state index is 11.1. The molecular weight excluding hydrogens is 426 g/mol. The van der Waals surface area contributed by atoms with Crippen molar-refractivity contribution in [2.75, 3.05) is 0 Å². The van der Waals surface area contributed by atoms with E-state index in [1.165, 1.54) is 34.0 Å². The summed E-state index contributed by atoms with van der Waals surface area (Å²) in [5.74, 6) is 1.02. The second kappa shape index (κ2) is 13.2. The summed E-state index contributed by atoms with van der Waals surface area (Å²) in [5.41, 5.74) is 5.62. The van der Waals surface area contributed by atoms with E-state index in [1.54, 1.807) is 0 Å². The molecule has 2 nitrogen and oxygen atoms in total. The molecule has 5 atom stereocenters. The SMILES string of the molecule is C.C#C.C=C1CCC2[C@](C)(CCC=C(C)C)[C@@H](O)CC[C@]2(C)[C@H]1Cc1c[nH]c2ccccc12.CC. The van der Waals surface area contributed by atoms with E-state index in [-0.39, 0.29) is 24.4 Å². The highest BCUT2D eigenvalue weighted by Gasteiger charge is 2.57. The van der Waals surface area contributed by atoms with Gasteiger partial charge in [0.05, 0.1) is 6.10 Å². The Hall–Kier alpha value is -2.24. The summed E-state index contributed by atoms with van der Waals surface area (Å²) in [4.78, 5) is 3.46. The largest absolute Gasteiger partial charge is 0.393 e. The molecular formula is C33H51NO. The number of aliphatic hydroxyl groups excluding tert-OH is 1. The molecule has 0 bridgehead atoms. The minimum atomic E-state index is -0.193. The van der Waals surface area contributed by atoms with Crippen LogP contribution in [0.2, 0.25) is 0 Å². The van der Waals surface area contributed by atoms with Gasteiger partial charge < -0.3 is 10.1 Å². The van der Waals surface area contributed by atoms with Crippen LogP contribution in [0.25, 0.3) is 10.9 Å². The monoisotopic (exact) mass is 477 g/mol. The molecule has 0 radical (unpaired) electrons. The Morgan fingerprint density at radius 2 is 1.83 bits per heavy atom. The van der Waals surface area contributed by atoms with Gasteiger partial charge in [0.15, 0.2) is 0 Å². The third kappa shape index (κ3) is 6.13. The minimum absolute atomic E-state index is 0. The fourth-order valence-corrected chi connectivity index (χ4v) is 6.89. The molecule has 35 heavy (non-hydrogen) atoms. The number of para-hydroxylation sites is 1. The molecule has 1 aromatic heterocycles. The summed E-state index contributed by atoms with van der Waals surface area (Å²) in [6.07, 6.45) is 19.8. The van der Waals surface area contributed by atoms with Crippen LogP contribution in [0, 0.1) is 35.5 Å². The summed E-state index contributed by atoms with van der Waals surface area (Å²) in [6, 6.07) is 8.63. The minimum Gasteiger partial charge on any atom is -0.393 e. The van der Waals surface area contributed by atoms with Gasteiger partial charge in [-0.3, -0.25) is 0 Å². The number of nitrogens with one attached hydrogen (secondary N) is 1. The molecule has 2 aliphatic rings. The molecule has 1 heterocycles. The molecule has 2 heteroatoms. The normalized spacial score (nSPS) is 29.4. The first-order valence-corrected chi connectivity index (χ1v) is 13.1. The number of benzene rings is 1. The van der Waals surface area contributed by atoms with Crippen molar-refractivity contribution >= 4 is 10.9 Å². The van der Waals surface area contributed by atoms with Gasteiger partial charge in [-0.05, 0) is 93.1 Å². The van der Waals surface area contributed by atoms with Crippen LogP contribution in [-0.4, -0.2) is 16.2 Å². The summed E-state index contributed by atoms with van der Waals surface area (Å²) in [6.45, 7) is 17.8. The fraction of sp³-hybridized carbons (Fsp3) is 0.576. The molecule has 2 aliphatic carbocycles. The third-order valence-corrected chi connectivity index (χ3v) is 8.69. The van der Waals surface area contributed by atoms with Crippen LogP contribution in [0.1, 0.15) is 93.1 Å². The highest BCUT2D eigenvalue weighted by molar-refractivity contribution is 5.83. The molecule has 2 fully saturated rings. The number of hydrogen-bond acceptors (Lipinski definition) is 1. The van der Waals surface area contributed by atoms with Crippen LogP contribution in [0.3, 0.4) is 0 Å². The van der Waals surface area contributed by atoms with Crippen molar-refractivity contribution in [3.05, 3.63) is 59.8 Å². The van der Waals surface area contributed by atoms with Crippen molar-refractivity contribution < 1.29 is 5.11 Å². The molecule has 2 saturated carbocycles. The van der Waals surface area contributed by atoms with E-state index in [0.717, 1.165) is 38.5 Å². The first-order chi connectivity index (χ1) is 16.3. The Kier molecular flexibility index (Phi) is 11.6. The van der Waals surface area contributed by atoms with Crippen LogP contribution >= 0.6 is 0 Å². The second-order valence-corrected chi connectivity index (χ2v) is 10.8. The van der Waals surface area contributed by atoms with E-state index in [9.17, 15) is 5.11 Å². The molecule has 194 valence electrons. The van der Waals surface area contributed by atoms with E-state index < -0.39 is 0 Å². The van der Waals surface area contributed by atoms with Crippen LogP contribution in [0.4, 0.5) is 0 Å². The lowest BCUT2D eigenvalue weighted by Gasteiger charge is -2.60. The summed E-state index contributed by atoms with van der Waals surface area (Å²) < 4.78 is 0. The first-order valence-electron chi connectivity index (χ1n) is 13.1. The van der Waals surface area contributed by atoms with Gasteiger partial charge >= 0.3 is 0 Å². The Bertz CT molecular complexity index is 991. The van der Waals surface area contributed by atoms with Crippen molar-refractivity contribution in [2.24, 2.45) is 22.7 Å². The number of fused-ring (bicyclic) bond motifs is 2. The van der Waals surface area contributed by atoms with Crippen molar-refractivity contribution in [2.45, 2.75) is 100 Å². The Labute approximate surface area is 216 Å². The van der Waals surface area contributed by atoms with Gasteiger partial charge in [0, 0.05) is 17.1 Å². The molecule has 2 N–H and O–H groups in total. The number of aromatic amines is 1. The molecule has 1 aromatic carbocycles. The Morgan fingerprint density at radius 3 is 2.49 bits per heavy atom. The maximum absolute atomic E-state index is 11.1. The smallest absolute Gasteiger partial charge is 0.0597 e. The number of rotatable bonds is 5. The number of allylic oxidation sites excluding steroid dienone is 3. The molecule has 0 amide bonds. The average molecular weight is 478 g/mol. The first kappa shape index (κ1) is 30.8. The molecule has 4 rings (SSSR count). The van der Waals surface area contributed by atoms with Gasteiger partial charge in [0.25, 0.3) is 0 Å². The fourth-order valence-electron chi connectivity index (χ4n) is 6.89. The van der Waals surface area contributed by atoms with Crippen molar-refractivity contribution in [3.8, 4) is 12.8 Å². The zero-order valence-electron chi connectivity index (χ0n) is 22.5. The van der Waals surface area contributed by atoms with Gasteiger partial charge in [-0.2, -0.15) is 0 Å².